The number of nitrogens with zero attached hydrogens (tertiary/aromatic N) is 1. The molecule has 0 unspecified atom stereocenters. The molecule has 0 saturated carbocycles. The van der Waals surface area contributed by atoms with Gasteiger partial charge in [0.2, 0.25) is 15.9 Å². The van der Waals surface area contributed by atoms with Gasteiger partial charge in [0.25, 0.3) is 0 Å². The van der Waals surface area contributed by atoms with Crippen molar-refractivity contribution >= 4 is 33.4 Å². The first-order valence-corrected chi connectivity index (χ1v) is 9.20. The lowest BCUT2D eigenvalue weighted by Gasteiger charge is -2.13. The summed E-state index contributed by atoms with van der Waals surface area (Å²) in [6, 6.07) is 5.45. The molecule has 0 aliphatic carbocycles. The number of amides is 1. The molecule has 0 saturated heterocycles. The van der Waals surface area contributed by atoms with Crippen molar-refractivity contribution in [1.82, 2.24) is 4.31 Å². The first-order valence-electron chi connectivity index (χ1n) is 6.37. The highest BCUT2D eigenvalue weighted by Gasteiger charge is 2.17. The Hall–Kier alpha value is -1.09. The number of carbonyl (C=O) groups is 1. The van der Waals surface area contributed by atoms with Crippen LogP contribution in [0.15, 0.2) is 29.2 Å². The Morgan fingerprint density at radius 2 is 1.90 bits per heavy atom. The van der Waals surface area contributed by atoms with Crippen LogP contribution in [-0.4, -0.2) is 50.8 Å². The van der Waals surface area contributed by atoms with Crippen molar-refractivity contribution in [2.75, 3.05) is 31.4 Å². The maximum absolute atomic E-state index is 11.9. The second-order valence-electron chi connectivity index (χ2n) is 4.69. The van der Waals surface area contributed by atoms with Gasteiger partial charge in [-0.3, -0.25) is 4.79 Å². The van der Waals surface area contributed by atoms with Crippen LogP contribution in [0.3, 0.4) is 0 Å². The average molecular weight is 331 g/mol. The summed E-state index contributed by atoms with van der Waals surface area (Å²) >= 11 is 1.63. The molecular formula is C13H21N3O3S2. The van der Waals surface area contributed by atoms with Crippen molar-refractivity contribution in [3.8, 4) is 0 Å². The molecule has 0 heterocycles. The van der Waals surface area contributed by atoms with E-state index in [1.807, 2.05) is 6.26 Å². The van der Waals surface area contributed by atoms with E-state index < -0.39 is 16.1 Å². The lowest BCUT2D eigenvalue weighted by molar-refractivity contribution is -0.117. The predicted octanol–water partition coefficient (Wildman–Crippen LogP) is 0.956. The number of thioether (sulfide) groups is 1. The van der Waals surface area contributed by atoms with Gasteiger partial charge in [-0.2, -0.15) is 11.8 Å². The lowest BCUT2D eigenvalue weighted by Crippen LogP contribution is -2.36. The van der Waals surface area contributed by atoms with Crippen LogP contribution >= 0.6 is 11.8 Å². The molecule has 1 aromatic rings. The molecule has 1 rings (SSSR count). The van der Waals surface area contributed by atoms with E-state index in [1.54, 1.807) is 23.9 Å². The van der Waals surface area contributed by atoms with Crippen LogP contribution in [0.25, 0.3) is 0 Å². The first-order chi connectivity index (χ1) is 9.78. The van der Waals surface area contributed by atoms with E-state index in [2.05, 4.69) is 5.32 Å². The number of anilines is 1. The van der Waals surface area contributed by atoms with E-state index in [4.69, 9.17) is 5.73 Å². The Morgan fingerprint density at radius 1 is 1.33 bits per heavy atom. The Morgan fingerprint density at radius 3 is 2.38 bits per heavy atom. The molecule has 3 N–H and O–H groups in total. The van der Waals surface area contributed by atoms with E-state index in [1.165, 1.54) is 26.2 Å². The Labute approximate surface area is 130 Å². The number of rotatable bonds is 7. The molecule has 0 aliphatic heterocycles. The minimum atomic E-state index is -3.46. The fraction of sp³-hybridized carbons (Fsp3) is 0.462. The van der Waals surface area contributed by atoms with Gasteiger partial charge in [0.15, 0.2) is 0 Å². The van der Waals surface area contributed by atoms with Crippen molar-refractivity contribution in [1.29, 1.82) is 0 Å². The number of carbonyl (C=O) groups excluding carboxylic acids is 1. The number of sulfonamides is 1. The zero-order valence-electron chi connectivity index (χ0n) is 12.4. The van der Waals surface area contributed by atoms with E-state index in [0.717, 1.165) is 10.1 Å². The summed E-state index contributed by atoms with van der Waals surface area (Å²) in [6.07, 6.45) is 2.55. The molecule has 0 radical (unpaired) electrons. The fourth-order valence-corrected chi connectivity index (χ4v) is 2.92. The summed E-state index contributed by atoms with van der Waals surface area (Å²) in [4.78, 5) is 12.0. The molecular weight excluding hydrogens is 310 g/mol. The third kappa shape index (κ3) is 4.99. The van der Waals surface area contributed by atoms with Crippen LogP contribution in [0.5, 0.6) is 0 Å². The number of nitrogens with one attached hydrogen (secondary N) is 1. The predicted molar refractivity (Wildman–Crippen MR) is 86.9 cm³/mol. The number of nitrogens with two attached hydrogens (primary N) is 1. The standard InChI is InChI=1S/C13H21N3O3S2/c1-16(2)21(18,19)11-6-4-10(5-7-11)15-13(17)12(14)8-9-20-3/h4-7,12H,8-9,14H2,1-3H3,(H,15,17)/t12-/m0/s1. The second kappa shape index (κ2) is 7.79. The van der Waals surface area contributed by atoms with Gasteiger partial charge in [0.05, 0.1) is 10.9 Å². The van der Waals surface area contributed by atoms with Gasteiger partial charge in [-0.05, 0) is 42.7 Å². The summed E-state index contributed by atoms with van der Waals surface area (Å²) in [5.74, 6) is 0.543. The fourth-order valence-electron chi connectivity index (χ4n) is 1.53. The van der Waals surface area contributed by atoms with Crippen molar-refractivity contribution in [2.45, 2.75) is 17.4 Å². The SMILES string of the molecule is CSCC[C@H](N)C(=O)Nc1ccc(S(=O)(=O)N(C)C)cc1. The maximum atomic E-state index is 11.9. The second-order valence-corrected chi connectivity index (χ2v) is 7.83. The van der Waals surface area contributed by atoms with E-state index in [0.29, 0.717) is 12.1 Å². The minimum absolute atomic E-state index is 0.178. The summed E-state index contributed by atoms with van der Waals surface area (Å²) in [5, 5.41) is 2.68. The van der Waals surface area contributed by atoms with E-state index >= 15 is 0 Å². The van der Waals surface area contributed by atoms with Crippen molar-refractivity contribution in [3.05, 3.63) is 24.3 Å². The van der Waals surface area contributed by atoms with Crippen LogP contribution in [0.1, 0.15) is 6.42 Å². The molecule has 0 aliphatic rings. The van der Waals surface area contributed by atoms with Crippen molar-refractivity contribution < 1.29 is 13.2 Å². The lowest BCUT2D eigenvalue weighted by atomic mass is 10.2. The van der Waals surface area contributed by atoms with Crippen molar-refractivity contribution in [3.63, 3.8) is 0 Å². The van der Waals surface area contributed by atoms with Gasteiger partial charge >= 0.3 is 0 Å². The molecule has 6 nitrogen and oxygen atoms in total. The molecule has 118 valence electrons. The largest absolute Gasteiger partial charge is 0.325 e. The molecule has 21 heavy (non-hydrogen) atoms. The molecule has 0 bridgehead atoms. The third-order valence-corrected chi connectivity index (χ3v) is 5.34. The van der Waals surface area contributed by atoms with E-state index in [9.17, 15) is 13.2 Å². The molecule has 1 atom stereocenters. The van der Waals surface area contributed by atoms with Gasteiger partial charge in [0.1, 0.15) is 0 Å². The van der Waals surface area contributed by atoms with Gasteiger partial charge < -0.3 is 11.1 Å². The van der Waals surface area contributed by atoms with Crippen LogP contribution in [0.2, 0.25) is 0 Å². The van der Waals surface area contributed by atoms with Gasteiger partial charge in [-0.1, -0.05) is 0 Å². The highest BCUT2D eigenvalue weighted by molar-refractivity contribution is 7.98. The molecule has 8 heteroatoms. The highest BCUT2D eigenvalue weighted by atomic mass is 32.2. The first kappa shape index (κ1) is 18.0. The van der Waals surface area contributed by atoms with Crippen LogP contribution in [0.4, 0.5) is 5.69 Å². The quantitative estimate of drug-likeness (QED) is 0.776. The highest BCUT2D eigenvalue weighted by Crippen LogP contribution is 2.16. The average Bonchev–Trinajstić information content (AvgIpc) is 2.45. The minimum Gasteiger partial charge on any atom is -0.325 e. The van der Waals surface area contributed by atoms with Crippen molar-refractivity contribution in [2.24, 2.45) is 5.73 Å². The topological polar surface area (TPSA) is 92.5 Å². The number of hydrogen-bond acceptors (Lipinski definition) is 5. The van der Waals surface area contributed by atoms with E-state index in [-0.39, 0.29) is 10.8 Å². The summed E-state index contributed by atoms with van der Waals surface area (Å²) in [7, 11) is -0.521. The molecule has 0 aromatic heterocycles. The van der Waals surface area contributed by atoms with Crippen LogP contribution in [-0.2, 0) is 14.8 Å². The van der Waals surface area contributed by atoms with Gasteiger partial charge in [0, 0.05) is 19.8 Å². The molecule has 0 spiro atoms. The number of hydrogen-bond donors (Lipinski definition) is 2. The van der Waals surface area contributed by atoms with Crippen LogP contribution in [0, 0.1) is 0 Å². The van der Waals surface area contributed by atoms with Crippen LogP contribution < -0.4 is 11.1 Å². The summed E-state index contributed by atoms with van der Waals surface area (Å²) in [6.45, 7) is 0. The maximum Gasteiger partial charge on any atom is 0.242 e. The van der Waals surface area contributed by atoms with Gasteiger partial charge in [-0.15, -0.1) is 0 Å². The Kier molecular flexibility index (Phi) is 6.66. The summed E-state index contributed by atoms with van der Waals surface area (Å²) in [5.41, 5.74) is 6.29. The van der Waals surface area contributed by atoms with Gasteiger partial charge in [-0.25, -0.2) is 12.7 Å². The monoisotopic (exact) mass is 331 g/mol. The molecule has 1 amide bonds. The zero-order chi connectivity index (χ0) is 16.0. The smallest absolute Gasteiger partial charge is 0.242 e. The molecule has 0 fully saturated rings. The Bertz CT molecular complexity index is 571. The summed E-state index contributed by atoms with van der Waals surface area (Å²) < 4.78 is 25.0. The zero-order valence-corrected chi connectivity index (χ0v) is 14.0. The number of benzene rings is 1. The normalized spacial score (nSPS) is 13.2. The molecule has 1 aromatic carbocycles. The Balaban J connectivity index is 2.74. The third-order valence-electron chi connectivity index (χ3n) is 2.87.